The van der Waals surface area contributed by atoms with Crippen LogP contribution in [-0.2, 0) is 4.74 Å². The predicted octanol–water partition coefficient (Wildman–Crippen LogP) is 2.20. The van der Waals surface area contributed by atoms with Crippen LogP contribution in [0.4, 0.5) is 5.82 Å². The Morgan fingerprint density at radius 3 is 2.93 bits per heavy atom. The maximum Gasteiger partial charge on any atom is 0.197 e. The summed E-state index contributed by atoms with van der Waals surface area (Å²) in [4.78, 5) is 10.5. The van der Waals surface area contributed by atoms with E-state index in [0.29, 0.717) is 17.4 Å². The van der Waals surface area contributed by atoms with Gasteiger partial charge in [0, 0.05) is 4.88 Å². The highest BCUT2D eigenvalue weighted by Gasteiger charge is 2.10. The van der Waals surface area contributed by atoms with Gasteiger partial charge in [-0.25, -0.2) is 9.97 Å². The number of aryl methyl sites for hydroxylation is 1. The molecule has 0 spiro atoms. The molecule has 0 radical (unpaired) electrons. The van der Waals surface area contributed by atoms with Gasteiger partial charge in [-0.15, -0.1) is 11.3 Å². The van der Waals surface area contributed by atoms with Crippen molar-refractivity contribution >= 4 is 33.1 Å². The van der Waals surface area contributed by atoms with Crippen molar-refractivity contribution in [3.63, 3.8) is 0 Å². The summed E-state index contributed by atoms with van der Waals surface area (Å²) in [6.07, 6.45) is 0. The van der Waals surface area contributed by atoms with Gasteiger partial charge in [0.05, 0.1) is 12.5 Å². The Balaban J connectivity index is 2.66. The Morgan fingerprint density at radius 1 is 1.53 bits per heavy atom. The molecule has 0 unspecified atom stereocenters. The molecule has 2 heterocycles. The molecule has 0 amide bonds. The van der Waals surface area contributed by atoms with Crippen LogP contribution in [0.1, 0.15) is 10.7 Å². The highest BCUT2D eigenvalue weighted by atomic mass is 32.1. The second-order valence-corrected chi connectivity index (χ2v) is 4.37. The van der Waals surface area contributed by atoms with Gasteiger partial charge in [0.1, 0.15) is 10.6 Å². The predicted molar refractivity (Wildman–Crippen MR) is 62.6 cm³/mol. The minimum atomic E-state index is 0.426. The number of ether oxygens (including phenoxy) is 1. The average Bonchev–Trinajstić information content (AvgIpc) is 2.58. The molecule has 0 atom stereocenters. The fourth-order valence-electron chi connectivity index (χ4n) is 1.28. The van der Waals surface area contributed by atoms with Crippen LogP contribution in [0, 0.1) is 6.92 Å². The minimum Gasteiger partial charge on any atom is -0.493 e. The SMILES string of the molecule is C=C(OC)c1nc(N)c2cc(C)sc2n1. The summed E-state index contributed by atoms with van der Waals surface area (Å²) in [6.45, 7) is 5.71. The molecular formula is C10H11N3OS. The molecular weight excluding hydrogens is 210 g/mol. The van der Waals surface area contributed by atoms with Gasteiger partial charge >= 0.3 is 0 Å². The molecule has 5 heteroatoms. The Hall–Kier alpha value is -1.62. The molecule has 0 aromatic carbocycles. The summed E-state index contributed by atoms with van der Waals surface area (Å²) in [5.41, 5.74) is 5.82. The van der Waals surface area contributed by atoms with Gasteiger partial charge in [0.25, 0.3) is 0 Å². The number of methoxy groups -OCH3 is 1. The molecule has 2 N–H and O–H groups in total. The van der Waals surface area contributed by atoms with Crippen LogP contribution in [0.5, 0.6) is 0 Å². The summed E-state index contributed by atoms with van der Waals surface area (Å²) in [6, 6.07) is 1.98. The lowest BCUT2D eigenvalue weighted by molar-refractivity contribution is 0.368. The standard InChI is InChI=1S/C10H11N3OS/c1-5-4-7-8(11)12-9(6(2)14-3)13-10(7)15-5/h4H,2H2,1,3H3,(H2,11,12,13). The van der Waals surface area contributed by atoms with E-state index in [4.69, 9.17) is 10.5 Å². The monoisotopic (exact) mass is 221 g/mol. The van der Waals surface area contributed by atoms with Crippen LogP contribution < -0.4 is 5.73 Å². The molecule has 2 aromatic rings. The van der Waals surface area contributed by atoms with E-state index >= 15 is 0 Å². The van der Waals surface area contributed by atoms with Crippen molar-refractivity contribution in [1.82, 2.24) is 9.97 Å². The topological polar surface area (TPSA) is 61.0 Å². The number of nitrogens with zero attached hydrogens (tertiary/aromatic N) is 2. The third kappa shape index (κ3) is 1.66. The lowest BCUT2D eigenvalue weighted by atomic mass is 10.3. The first-order valence-corrected chi connectivity index (χ1v) is 5.20. The van der Waals surface area contributed by atoms with Gasteiger partial charge in [-0.3, -0.25) is 0 Å². The molecule has 0 aliphatic rings. The fourth-order valence-corrected chi connectivity index (χ4v) is 2.17. The fraction of sp³-hybridized carbons (Fsp3) is 0.200. The number of aromatic nitrogens is 2. The lowest BCUT2D eigenvalue weighted by Crippen LogP contribution is -1.99. The Labute approximate surface area is 91.4 Å². The molecule has 0 fully saturated rings. The number of hydrogen-bond acceptors (Lipinski definition) is 5. The van der Waals surface area contributed by atoms with Gasteiger partial charge in [-0.05, 0) is 13.0 Å². The Morgan fingerprint density at radius 2 is 2.27 bits per heavy atom. The van der Waals surface area contributed by atoms with Gasteiger partial charge in [-0.1, -0.05) is 6.58 Å². The number of fused-ring (bicyclic) bond motifs is 1. The van der Waals surface area contributed by atoms with Crippen LogP contribution in [-0.4, -0.2) is 17.1 Å². The first-order chi connectivity index (χ1) is 7.11. The van der Waals surface area contributed by atoms with E-state index in [9.17, 15) is 0 Å². The van der Waals surface area contributed by atoms with Crippen LogP contribution in [0.15, 0.2) is 12.6 Å². The van der Waals surface area contributed by atoms with Crippen molar-refractivity contribution < 1.29 is 4.74 Å². The Kier molecular flexibility index (Phi) is 2.32. The summed E-state index contributed by atoms with van der Waals surface area (Å²) in [7, 11) is 1.53. The van der Waals surface area contributed by atoms with Gasteiger partial charge in [-0.2, -0.15) is 0 Å². The number of anilines is 1. The Bertz CT molecular complexity index is 533. The molecule has 0 saturated heterocycles. The van der Waals surface area contributed by atoms with Gasteiger partial charge < -0.3 is 10.5 Å². The quantitative estimate of drug-likeness (QED) is 0.790. The van der Waals surface area contributed by atoms with E-state index in [-0.39, 0.29) is 0 Å². The maximum atomic E-state index is 5.82. The number of rotatable bonds is 2. The van der Waals surface area contributed by atoms with Crippen molar-refractivity contribution in [2.75, 3.05) is 12.8 Å². The molecule has 4 nitrogen and oxygen atoms in total. The van der Waals surface area contributed by atoms with E-state index < -0.39 is 0 Å². The van der Waals surface area contributed by atoms with E-state index in [1.54, 1.807) is 11.3 Å². The highest BCUT2D eigenvalue weighted by molar-refractivity contribution is 7.18. The smallest absolute Gasteiger partial charge is 0.197 e. The maximum absolute atomic E-state index is 5.82. The second kappa shape index (κ2) is 3.51. The molecule has 2 aromatic heterocycles. The van der Waals surface area contributed by atoms with Crippen molar-refractivity contribution in [1.29, 1.82) is 0 Å². The van der Waals surface area contributed by atoms with Crippen molar-refractivity contribution in [2.24, 2.45) is 0 Å². The summed E-state index contributed by atoms with van der Waals surface area (Å²) < 4.78 is 4.98. The first-order valence-electron chi connectivity index (χ1n) is 4.38. The molecule has 2 rings (SSSR count). The molecule has 0 aliphatic carbocycles. The third-order valence-corrected chi connectivity index (χ3v) is 2.99. The molecule has 0 aliphatic heterocycles. The molecule has 78 valence electrons. The normalized spacial score (nSPS) is 10.5. The number of nitrogens with two attached hydrogens (primary N) is 1. The molecule has 15 heavy (non-hydrogen) atoms. The van der Waals surface area contributed by atoms with Crippen LogP contribution >= 0.6 is 11.3 Å². The van der Waals surface area contributed by atoms with E-state index in [1.165, 1.54) is 7.11 Å². The third-order valence-electron chi connectivity index (χ3n) is 2.04. The number of nitrogen functional groups attached to an aromatic ring is 1. The summed E-state index contributed by atoms with van der Waals surface area (Å²) in [5, 5.41) is 0.894. The molecule has 0 saturated carbocycles. The number of thiophene rings is 1. The lowest BCUT2D eigenvalue weighted by Gasteiger charge is -2.03. The van der Waals surface area contributed by atoms with Gasteiger partial charge in [0.2, 0.25) is 0 Å². The zero-order valence-electron chi connectivity index (χ0n) is 8.57. The van der Waals surface area contributed by atoms with Crippen LogP contribution in [0.3, 0.4) is 0 Å². The highest BCUT2D eigenvalue weighted by Crippen LogP contribution is 2.27. The summed E-state index contributed by atoms with van der Waals surface area (Å²) in [5.74, 6) is 1.34. The van der Waals surface area contributed by atoms with Crippen molar-refractivity contribution in [2.45, 2.75) is 6.92 Å². The average molecular weight is 221 g/mol. The minimum absolute atomic E-state index is 0.426. The van der Waals surface area contributed by atoms with Crippen LogP contribution in [0.25, 0.3) is 16.0 Å². The second-order valence-electron chi connectivity index (χ2n) is 3.14. The number of hydrogen-bond donors (Lipinski definition) is 1. The zero-order valence-corrected chi connectivity index (χ0v) is 9.39. The van der Waals surface area contributed by atoms with Crippen molar-refractivity contribution in [3.05, 3.63) is 23.3 Å². The summed E-state index contributed by atoms with van der Waals surface area (Å²) >= 11 is 1.58. The first kappa shape index (κ1) is 9.92. The van der Waals surface area contributed by atoms with Crippen molar-refractivity contribution in [3.8, 4) is 0 Å². The molecule has 0 bridgehead atoms. The van der Waals surface area contributed by atoms with Gasteiger partial charge in [0.15, 0.2) is 11.6 Å². The van der Waals surface area contributed by atoms with Crippen LogP contribution in [0.2, 0.25) is 0 Å². The van der Waals surface area contributed by atoms with E-state index in [2.05, 4.69) is 16.5 Å². The largest absolute Gasteiger partial charge is 0.493 e. The van der Waals surface area contributed by atoms with E-state index in [1.807, 2.05) is 13.0 Å². The zero-order chi connectivity index (χ0) is 11.0. The van der Waals surface area contributed by atoms with E-state index in [0.717, 1.165) is 15.1 Å².